The number of nitrogens with zero attached hydrogens (tertiary/aromatic N) is 4. The smallest absolute Gasteiger partial charge is 0.355 e. The van der Waals surface area contributed by atoms with Crippen molar-refractivity contribution in [1.82, 2.24) is 20.2 Å². The van der Waals surface area contributed by atoms with Crippen molar-refractivity contribution >= 4 is 63.8 Å². The van der Waals surface area contributed by atoms with Gasteiger partial charge in [0.05, 0.1) is 12.2 Å². The number of nitrogens with one attached hydrogen (secondary N) is 1. The molecule has 2 aromatic rings. The molecule has 2 amide bonds. The van der Waals surface area contributed by atoms with Crippen LogP contribution in [-0.4, -0.2) is 79.9 Å². The Labute approximate surface area is 249 Å². The van der Waals surface area contributed by atoms with Crippen LogP contribution in [-0.2, 0) is 28.7 Å². The summed E-state index contributed by atoms with van der Waals surface area (Å²) in [4.78, 5) is 61.2. The maximum atomic E-state index is 13.4. The Morgan fingerprint density at radius 2 is 2.10 bits per heavy atom. The van der Waals surface area contributed by atoms with Crippen LogP contribution in [0.2, 0.25) is 0 Å². The number of aromatic nitrogens is 2. The van der Waals surface area contributed by atoms with E-state index in [2.05, 4.69) is 20.4 Å². The van der Waals surface area contributed by atoms with Crippen molar-refractivity contribution < 1.29 is 33.9 Å². The van der Waals surface area contributed by atoms with Crippen LogP contribution in [0.5, 0.6) is 0 Å². The Balaban J connectivity index is 1.57. The number of allylic oxidation sites excluding steroid dienone is 2. The van der Waals surface area contributed by atoms with E-state index >= 15 is 0 Å². The van der Waals surface area contributed by atoms with Gasteiger partial charge < -0.3 is 25.7 Å². The highest BCUT2D eigenvalue weighted by atomic mass is 32.2. The molecule has 0 bridgehead atoms. The summed E-state index contributed by atoms with van der Waals surface area (Å²) >= 11 is 2.39. The molecule has 2 atom stereocenters. The molecule has 15 heteroatoms. The minimum Gasteiger partial charge on any atom is -0.463 e. The van der Waals surface area contributed by atoms with Gasteiger partial charge in [0.2, 0.25) is 0 Å². The average Bonchev–Trinajstić information content (AvgIpc) is 3.42. The first-order chi connectivity index (χ1) is 20.3. The fraction of sp³-hybridized carbons (Fsp3) is 0.296. The molecule has 0 saturated carbocycles. The molecule has 4 heterocycles. The summed E-state index contributed by atoms with van der Waals surface area (Å²) < 4.78 is 10.6. The monoisotopic (exact) mass is 612 g/mol. The summed E-state index contributed by atoms with van der Waals surface area (Å²) in [5.74, 6) is -2.50. The standard InChI is InChI=1S/C27H28N6O7S2/c1-3-6-16(25(36)39-4-2)12-40-26(37)21-17(9-8-15-7-5-10-29-11-15)13-41-24-20(23(35)33(21)24)31-22(34)19(32-38)18-14-42-27(28)30-18/h5-11,14,20,24,38H,3-4,12-13H2,1-2H3,(H2,28,30)(H,31,34)/b9-8-,16-6+,32-19?/t20-,24-/m1/s1. The Hall–Kier alpha value is -4.50. The number of carbonyl (C=O) groups is 4. The first kappa shape index (κ1) is 30.5. The lowest BCUT2D eigenvalue weighted by Crippen LogP contribution is -2.71. The van der Waals surface area contributed by atoms with Crippen molar-refractivity contribution in [2.75, 3.05) is 24.7 Å². The number of hydrogen-bond acceptors (Lipinski definition) is 13. The summed E-state index contributed by atoms with van der Waals surface area (Å²) in [5.41, 5.74) is 6.74. The Bertz CT molecular complexity index is 1480. The summed E-state index contributed by atoms with van der Waals surface area (Å²) in [6.07, 6.45) is 8.86. The van der Waals surface area contributed by atoms with Crippen LogP contribution in [0.3, 0.4) is 0 Å². The van der Waals surface area contributed by atoms with Gasteiger partial charge in [-0.15, -0.1) is 23.1 Å². The number of amides is 2. The number of thiazole rings is 1. The van der Waals surface area contributed by atoms with Gasteiger partial charge in [0, 0.05) is 23.5 Å². The summed E-state index contributed by atoms with van der Waals surface area (Å²) in [5, 5.41) is 16.0. The molecule has 4 rings (SSSR count). The number of carbonyl (C=O) groups excluding carboxylic acids is 4. The normalized spacial score (nSPS) is 18.9. The second-order valence-corrected chi connectivity index (χ2v) is 10.8. The summed E-state index contributed by atoms with van der Waals surface area (Å²) in [7, 11) is 0. The van der Waals surface area contributed by atoms with E-state index in [1.807, 2.05) is 13.0 Å². The van der Waals surface area contributed by atoms with Gasteiger partial charge in [-0.3, -0.25) is 19.5 Å². The molecule has 2 aliphatic rings. The zero-order valence-electron chi connectivity index (χ0n) is 22.7. The van der Waals surface area contributed by atoms with Gasteiger partial charge in [0.15, 0.2) is 10.8 Å². The summed E-state index contributed by atoms with van der Waals surface area (Å²) in [6, 6.07) is 2.58. The molecule has 0 aliphatic carbocycles. The van der Waals surface area contributed by atoms with Gasteiger partial charge in [0.25, 0.3) is 11.8 Å². The highest BCUT2D eigenvalue weighted by molar-refractivity contribution is 8.00. The first-order valence-electron chi connectivity index (χ1n) is 12.8. The lowest BCUT2D eigenvalue weighted by atomic mass is 10.0. The SMILES string of the molecule is CC/C=C(\COC(=O)C1=C(/C=C\c2cccnc2)CS[C@@H]2[C@H](NC(=O)C(=NO)c3csc(N)n3)C(=O)N12)C(=O)OCC. The second kappa shape index (κ2) is 13.9. The minimum atomic E-state index is -1.02. The number of nitrogen functional groups attached to an aromatic ring is 1. The summed E-state index contributed by atoms with van der Waals surface area (Å²) in [6.45, 7) is 3.32. The lowest BCUT2D eigenvalue weighted by Gasteiger charge is -2.49. The molecule has 42 heavy (non-hydrogen) atoms. The molecule has 2 aromatic heterocycles. The van der Waals surface area contributed by atoms with E-state index in [9.17, 15) is 24.4 Å². The fourth-order valence-corrected chi connectivity index (χ4v) is 6.00. The molecule has 0 aromatic carbocycles. The zero-order chi connectivity index (χ0) is 30.2. The van der Waals surface area contributed by atoms with Gasteiger partial charge in [-0.25, -0.2) is 14.6 Å². The topological polar surface area (TPSA) is 186 Å². The lowest BCUT2D eigenvalue weighted by molar-refractivity contribution is -0.152. The molecule has 220 valence electrons. The minimum absolute atomic E-state index is 0.00239. The van der Waals surface area contributed by atoms with E-state index in [1.54, 1.807) is 43.6 Å². The van der Waals surface area contributed by atoms with Crippen LogP contribution in [0.1, 0.15) is 31.5 Å². The number of fused-ring (bicyclic) bond motifs is 1. The predicted molar refractivity (Wildman–Crippen MR) is 156 cm³/mol. The van der Waals surface area contributed by atoms with Crippen molar-refractivity contribution in [3.63, 3.8) is 0 Å². The van der Waals surface area contributed by atoms with Gasteiger partial charge in [-0.05, 0) is 30.5 Å². The number of pyridine rings is 1. The molecule has 0 unspecified atom stereocenters. The van der Waals surface area contributed by atoms with E-state index in [0.29, 0.717) is 17.7 Å². The van der Waals surface area contributed by atoms with Crippen molar-refractivity contribution in [3.8, 4) is 0 Å². The zero-order valence-corrected chi connectivity index (χ0v) is 24.3. The van der Waals surface area contributed by atoms with E-state index in [0.717, 1.165) is 16.9 Å². The van der Waals surface area contributed by atoms with Crippen molar-refractivity contribution in [1.29, 1.82) is 0 Å². The van der Waals surface area contributed by atoms with Crippen LogP contribution in [0.25, 0.3) is 6.08 Å². The second-order valence-electron chi connectivity index (χ2n) is 8.81. The van der Waals surface area contributed by atoms with Crippen molar-refractivity contribution in [2.24, 2.45) is 5.16 Å². The van der Waals surface area contributed by atoms with Gasteiger partial charge in [0.1, 0.15) is 29.4 Å². The molecule has 0 radical (unpaired) electrons. The number of β-lactam (4-membered cyclic amide) rings is 1. The number of thioether (sulfide) groups is 1. The van der Waals surface area contributed by atoms with Crippen LogP contribution in [0, 0.1) is 0 Å². The Morgan fingerprint density at radius 1 is 1.29 bits per heavy atom. The number of rotatable bonds is 11. The number of esters is 2. The molecule has 1 saturated heterocycles. The third-order valence-electron chi connectivity index (χ3n) is 6.07. The van der Waals surface area contributed by atoms with Crippen LogP contribution >= 0.6 is 23.1 Å². The third kappa shape index (κ3) is 6.69. The van der Waals surface area contributed by atoms with Gasteiger partial charge in [-0.1, -0.05) is 36.4 Å². The van der Waals surface area contributed by atoms with Crippen LogP contribution < -0.4 is 11.1 Å². The molecule has 1 fully saturated rings. The van der Waals surface area contributed by atoms with E-state index < -0.39 is 40.9 Å². The maximum absolute atomic E-state index is 13.4. The van der Waals surface area contributed by atoms with Crippen molar-refractivity contribution in [2.45, 2.75) is 31.7 Å². The quantitative estimate of drug-likeness (QED) is 0.0842. The first-order valence-corrected chi connectivity index (χ1v) is 14.7. The molecular weight excluding hydrogens is 584 g/mol. The molecule has 2 aliphatic heterocycles. The molecule has 4 N–H and O–H groups in total. The molecule has 0 spiro atoms. The van der Waals surface area contributed by atoms with Gasteiger partial charge >= 0.3 is 11.9 Å². The van der Waals surface area contributed by atoms with E-state index in [-0.39, 0.29) is 35.3 Å². The van der Waals surface area contributed by atoms with E-state index in [1.165, 1.54) is 22.0 Å². The van der Waals surface area contributed by atoms with Crippen LogP contribution in [0.4, 0.5) is 5.13 Å². The highest BCUT2D eigenvalue weighted by Crippen LogP contribution is 2.41. The van der Waals surface area contributed by atoms with Gasteiger partial charge in [-0.2, -0.15) is 0 Å². The number of anilines is 1. The number of oxime groups is 1. The predicted octanol–water partition coefficient (Wildman–Crippen LogP) is 2.11. The molecular formula is C27H28N6O7S2. The number of hydrogen-bond donors (Lipinski definition) is 3. The highest BCUT2D eigenvalue weighted by Gasteiger charge is 2.54. The third-order valence-corrected chi connectivity index (χ3v) is 8.04. The fourth-order valence-electron chi connectivity index (χ4n) is 4.13. The average molecular weight is 613 g/mol. The number of nitrogens with two attached hydrogens (primary N) is 1. The number of ether oxygens (including phenoxy) is 2. The Morgan fingerprint density at radius 3 is 2.74 bits per heavy atom. The van der Waals surface area contributed by atoms with Crippen LogP contribution in [0.15, 0.2) is 64.1 Å². The Kier molecular flexibility index (Phi) is 10.1. The largest absolute Gasteiger partial charge is 0.463 e. The van der Waals surface area contributed by atoms with E-state index in [4.69, 9.17) is 15.2 Å². The molecule has 13 nitrogen and oxygen atoms in total. The van der Waals surface area contributed by atoms with Crippen molar-refractivity contribution in [3.05, 3.63) is 70.2 Å². The maximum Gasteiger partial charge on any atom is 0.355 e.